The lowest BCUT2D eigenvalue weighted by atomic mass is 9.98. The molecule has 4 rings (SSSR count). The Morgan fingerprint density at radius 1 is 1.00 bits per heavy atom. The van der Waals surface area contributed by atoms with Crippen molar-refractivity contribution in [1.29, 1.82) is 0 Å². The maximum Gasteiger partial charge on any atom is 0.340 e. The molecule has 0 fully saturated rings. The summed E-state index contributed by atoms with van der Waals surface area (Å²) in [5.74, 6) is -2.64. The van der Waals surface area contributed by atoms with Crippen LogP contribution in [0.2, 0.25) is 0 Å². The number of fused-ring (bicyclic) bond motifs is 1. The number of carboxylic acids is 1. The van der Waals surface area contributed by atoms with Crippen LogP contribution in [0.1, 0.15) is 45.6 Å². The number of anilines is 1. The predicted molar refractivity (Wildman–Crippen MR) is 127 cm³/mol. The van der Waals surface area contributed by atoms with Gasteiger partial charge in [0.2, 0.25) is 0 Å². The fraction of sp³-hybridized carbons (Fsp3) is 0.185. The highest BCUT2D eigenvalue weighted by Gasteiger charge is 2.22. The summed E-state index contributed by atoms with van der Waals surface area (Å²) in [5, 5.41) is 12.8. The van der Waals surface area contributed by atoms with Crippen LogP contribution in [-0.2, 0) is 0 Å². The minimum atomic E-state index is -1.40. The van der Waals surface area contributed by atoms with Gasteiger partial charge in [0.05, 0.1) is 22.7 Å². The van der Waals surface area contributed by atoms with E-state index in [0.717, 1.165) is 17.2 Å². The molecular weight excluding hydrogens is 440 g/mol. The van der Waals surface area contributed by atoms with Crippen LogP contribution in [0.25, 0.3) is 22.3 Å². The van der Waals surface area contributed by atoms with Crippen molar-refractivity contribution in [2.24, 2.45) is 0 Å². The van der Waals surface area contributed by atoms with Gasteiger partial charge in [-0.3, -0.25) is 4.79 Å². The first-order valence-electron chi connectivity index (χ1n) is 10.7. The fourth-order valence-electron chi connectivity index (χ4n) is 4.12. The van der Waals surface area contributed by atoms with Crippen LogP contribution in [0.4, 0.5) is 14.5 Å². The lowest BCUT2D eigenvalue weighted by Crippen LogP contribution is -2.14. The van der Waals surface area contributed by atoms with Gasteiger partial charge >= 0.3 is 5.97 Å². The van der Waals surface area contributed by atoms with Crippen LogP contribution in [-0.4, -0.2) is 11.1 Å². The third kappa shape index (κ3) is 4.05. The van der Waals surface area contributed by atoms with Gasteiger partial charge < -0.3 is 14.8 Å². The summed E-state index contributed by atoms with van der Waals surface area (Å²) in [7, 11) is 0. The van der Waals surface area contributed by atoms with Crippen molar-refractivity contribution in [3.8, 4) is 11.3 Å². The van der Waals surface area contributed by atoms with Gasteiger partial charge in [-0.1, -0.05) is 18.2 Å². The highest BCUT2D eigenvalue weighted by atomic mass is 19.1. The number of nitrogens with one attached hydrogen (secondary N) is 1. The fourth-order valence-corrected chi connectivity index (χ4v) is 4.12. The number of carbonyl (C=O) groups is 1. The van der Waals surface area contributed by atoms with E-state index in [2.05, 4.69) is 5.32 Å². The SMILES string of the molecule is Cc1ccc(-c2oc3c(C(C)Nc4cccc(F)c4C(=O)O)cc(C)cc3c(=O)c2C)c(F)c1. The van der Waals surface area contributed by atoms with E-state index in [1.54, 1.807) is 45.0 Å². The van der Waals surface area contributed by atoms with Crippen molar-refractivity contribution in [1.82, 2.24) is 0 Å². The van der Waals surface area contributed by atoms with Crippen molar-refractivity contribution < 1.29 is 23.1 Å². The number of rotatable bonds is 5. The van der Waals surface area contributed by atoms with Crippen molar-refractivity contribution in [3.63, 3.8) is 0 Å². The zero-order valence-electron chi connectivity index (χ0n) is 19.1. The molecule has 1 atom stereocenters. The third-order valence-electron chi connectivity index (χ3n) is 5.83. The second-order valence-corrected chi connectivity index (χ2v) is 8.43. The zero-order chi connectivity index (χ0) is 24.7. The number of hydrogen-bond donors (Lipinski definition) is 2. The van der Waals surface area contributed by atoms with Gasteiger partial charge in [-0.25, -0.2) is 13.6 Å². The Hall–Kier alpha value is -4.00. The summed E-state index contributed by atoms with van der Waals surface area (Å²) in [6, 6.07) is 11.6. The standard InChI is InChI=1S/C27H23F2NO4/c1-13-8-9-17(21(29)12-13)25-15(3)24(31)19-11-14(2)10-18(26(19)34-25)16(4)30-22-7-5-6-20(28)23(22)27(32)33/h5-12,16,30H,1-4H3,(H,32,33). The third-order valence-corrected chi connectivity index (χ3v) is 5.83. The predicted octanol–water partition coefficient (Wildman–Crippen LogP) is 6.53. The van der Waals surface area contributed by atoms with Gasteiger partial charge in [0.1, 0.15) is 28.5 Å². The molecule has 1 aromatic heterocycles. The molecule has 0 saturated heterocycles. The molecule has 4 aromatic rings. The van der Waals surface area contributed by atoms with Crippen LogP contribution in [0.5, 0.6) is 0 Å². The molecule has 34 heavy (non-hydrogen) atoms. The largest absolute Gasteiger partial charge is 0.478 e. The first kappa shape index (κ1) is 23.2. The normalized spacial score (nSPS) is 12.1. The number of halogens is 2. The van der Waals surface area contributed by atoms with Gasteiger partial charge in [0.15, 0.2) is 5.43 Å². The maximum absolute atomic E-state index is 14.8. The Kier molecular flexibility index (Phi) is 5.96. The molecule has 0 aliphatic rings. The van der Waals surface area contributed by atoms with Gasteiger partial charge in [-0.15, -0.1) is 0 Å². The molecule has 5 nitrogen and oxygen atoms in total. The second-order valence-electron chi connectivity index (χ2n) is 8.43. The summed E-state index contributed by atoms with van der Waals surface area (Å²) >= 11 is 0. The lowest BCUT2D eigenvalue weighted by Gasteiger charge is -2.20. The van der Waals surface area contributed by atoms with Gasteiger partial charge in [-0.2, -0.15) is 0 Å². The van der Waals surface area contributed by atoms with Crippen LogP contribution in [0.15, 0.2) is 57.7 Å². The molecule has 3 aromatic carbocycles. The number of aryl methyl sites for hydroxylation is 2. The molecule has 7 heteroatoms. The van der Waals surface area contributed by atoms with E-state index in [1.807, 2.05) is 6.92 Å². The van der Waals surface area contributed by atoms with E-state index < -0.39 is 29.2 Å². The Labute approximate surface area is 194 Å². The highest BCUT2D eigenvalue weighted by Crippen LogP contribution is 2.34. The molecule has 174 valence electrons. The molecule has 2 N–H and O–H groups in total. The van der Waals surface area contributed by atoms with Crippen molar-refractivity contribution in [2.45, 2.75) is 33.7 Å². The minimum absolute atomic E-state index is 0.0916. The number of benzene rings is 3. The Morgan fingerprint density at radius 3 is 2.41 bits per heavy atom. The Bertz CT molecular complexity index is 1510. The Morgan fingerprint density at radius 2 is 1.74 bits per heavy atom. The quantitative estimate of drug-likeness (QED) is 0.352. The topological polar surface area (TPSA) is 79.5 Å². The van der Waals surface area contributed by atoms with E-state index in [9.17, 15) is 23.5 Å². The maximum atomic E-state index is 14.8. The van der Waals surface area contributed by atoms with E-state index in [4.69, 9.17) is 4.42 Å². The second kappa shape index (κ2) is 8.74. The van der Waals surface area contributed by atoms with Crippen molar-refractivity contribution >= 4 is 22.6 Å². The average molecular weight is 463 g/mol. The number of hydrogen-bond acceptors (Lipinski definition) is 4. The summed E-state index contributed by atoms with van der Waals surface area (Å²) in [5.41, 5.74) is 2.12. The van der Waals surface area contributed by atoms with Crippen molar-refractivity contribution in [3.05, 3.63) is 98.2 Å². The molecular formula is C27H23F2NO4. The molecule has 0 amide bonds. The first-order chi connectivity index (χ1) is 16.1. The highest BCUT2D eigenvalue weighted by molar-refractivity contribution is 5.94. The molecule has 0 bridgehead atoms. The van der Waals surface area contributed by atoms with Crippen LogP contribution < -0.4 is 10.7 Å². The lowest BCUT2D eigenvalue weighted by molar-refractivity contribution is 0.0693. The van der Waals surface area contributed by atoms with E-state index >= 15 is 0 Å². The van der Waals surface area contributed by atoms with Gasteiger partial charge in [0, 0.05) is 11.1 Å². The van der Waals surface area contributed by atoms with Crippen LogP contribution in [0, 0.1) is 32.4 Å². The first-order valence-corrected chi connectivity index (χ1v) is 10.7. The van der Waals surface area contributed by atoms with E-state index in [-0.39, 0.29) is 33.6 Å². The summed E-state index contributed by atoms with van der Waals surface area (Å²) < 4.78 is 35.1. The number of aromatic carboxylic acids is 1. The van der Waals surface area contributed by atoms with E-state index in [0.29, 0.717) is 10.9 Å². The summed E-state index contributed by atoms with van der Waals surface area (Å²) in [6.45, 7) is 6.93. The monoisotopic (exact) mass is 463 g/mol. The summed E-state index contributed by atoms with van der Waals surface area (Å²) in [4.78, 5) is 24.8. The van der Waals surface area contributed by atoms with Gasteiger partial charge in [0.25, 0.3) is 0 Å². The summed E-state index contributed by atoms with van der Waals surface area (Å²) in [6.07, 6.45) is 0. The van der Waals surface area contributed by atoms with Crippen LogP contribution >= 0.6 is 0 Å². The average Bonchev–Trinajstić information content (AvgIpc) is 2.76. The minimum Gasteiger partial charge on any atom is -0.478 e. The molecule has 0 aliphatic heterocycles. The Balaban J connectivity index is 1.92. The zero-order valence-corrected chi connectivity index (χ0v) is 19.1. The number of carboxylic acid groups (broad SMARTS) is 1. The molecule has 1 unspecified atom stereocenters. The molecule has 1 heterocycles. The van der Waals surface area contributed by atoms with Crippen LogP contribution in [0.3, 0.4) is 0 Å². The molecule has 0 radical (unpaired) electrons. The van der Waals surface area contributed by atoms with Gasteiger partial charge in [-0.05, 0) is 69.2 Å². The molecule has 0 saturated carbocycles. The van der Waals surface area contributed by atoms with E-state index in [1.165, 1.54) is 18.2 Å². The smallest absolute Gasteiger partial charge is 0.340 e. The van der Waals surface area contributed by atoms with Crippen molar-refractivity contribution in [2.75, 3.05) is 5.32 Å². The molecule has 0 spiro atoms. The molecule has 0 aliphatic carbocycles.